The molecule has 0 aromatic carbocycles. The summed E-state index contributed by atoms with van der Waals surface area (Å²) in [4.78, 5) is 25.8. The predicted molar refractivity (Wildman–Crippen MR) is 67.0 cm³/mol. The minimum absolute atomic E-state index is 0.0739. The van der Waals surface area contributed by atoms with Crippen LogP contribution in [-0.2, 0) is 14.3 Å². The van der Waals surface area contributed by atoms with Crippen LogP contribution in [0.2, 0.25) is 0 Å². The van der Waals surface area contributed by atoms with Crippen molar-refractivity contribution < 1.29 is 14.3 Å². The maximum atomic E-state index is 12.4. The molecule has 18 heavy (non-hydrogen) atoms. The zero-order valence-corrected chi connectivity index (χ0v) is 11.0. The first-order valence-electron chi connectivity index (χ1n) is 6.85. The van der Waals surface area contributed by atoms with Crippen molar-refractivity contribution in [3.05, 3.63) is 0 Å². The minimum Gasteiger partial charge on any atom is -0.467 e. The first-order chi connectivity index (χ1) is 8.74. The highest BCUT2D eigenvalue weighted by molar-refractivity contribution is 5.88. The summed E-state index contributed by atoms with van der Waals surface area (Å²) in [7, 11) is 1.38. The molecule has 0 aromatic rings. The van der Waals surface area contributed by atoms with Gasteiger partial charge in [-0.2, -0.15) is 0 Å². The second-order valence-corrected chi connectivity index (χ2v) is 5.07. The van der Waals surface area contributed by atoms with Crippen molar-refractivity contribution in [2.75, 3.05) is 20.2 Å². The van der Waals surface area contributed by atoms with Crippen molar-refractivity contribution in [3.63, 3.8) is 0 Å². The van der Waals surface area contributed by atoms with Gasteiger partial charge < -0.3 is 15.0 Å². The molecule has 102 valence electrons. The highest BCUT2D eigenvalue weighted by Gasteiger charge is 2.37. The van der Waals surface area contributed by atoms with Crippen molar-refractivity contribution in [1.82, 2.24) is 10.2 Å². The number of hydrogen-bond donors (Lipinski definition) is 1. The van der Waals surface area contributed by atoms with Gasteiger partial charge in [-0.25, -0.2) is 4.79 Å². The minimum atomic E-state index is -0.368. The molecule has 0 aromatic heterocycles. The number of carbonyl (C=O) groups is 2. The van der Waals surface area contributed by atoms with Gasteiger partial charge in [0.25, 0.3) is 0 Å². The number of nitrogens with one attached hydrogen (secondary N) is 1. The number of carbonyl (C=O) groups excluding carboxylic acids is 2. The maximum absolute atomic E-state index is 12.4. The Labute approximate surface area is 108 Å². The van der Waals surface area contributed by atoms with E-state index in [0.717, 1.165) is 38.6 Å². The smallest absolute Gasteiger partial charge is 0.328 e. The van der Waals surface area contributed by atoms with Crippen LogP contribution in [0.3, 0.4) is 0 Å². The van der Waals surface area contributed by atoms with Gasteiger partial charge in [-0.3, -0.25) is 4.79 Å². The third-order valence-electron chi connectivity index (χ3n) is 3.87. The Balaban J connectivity index is 2.00. The van der Waals surface area contributed by atoms with E-state index in [1.807, 2.05) is 0 Å². The Morgan fingerprint density at radius 1 is 1.17 bits per heavy atom. The number of esters is 1. The molecule has 2 rings (SSSR count). The molecule has 2 aliphatic heterocycles. The monoisotopic (exact) mass is 254 g/mol. The van der Waals surface area contributed by atoms with Crippen LogP contribution >= 0.6 is 0 Å². The van der Waals surface area contributed by atoms with Crippen LogP contribution in [0.5, 0.6) is 0 Å². The summed E-state index contributed by atoms with van der Waals surface area (Å²) in [6.45, 7) is 1.57. The number of methoxy groups -OCH3 is 1. The van der Waals surface area contributed by atoms with E-state index in [1.165, 1.54) is 13.5 Å². The molecule has 1 amide bonds. The average molecular weight is 254 g/mol. The average Bonchev–Trinajstić information content (AvgIpc) is 2.72. The van der Waals surface area contributed by atoms with Gasteiger partial charge in [0.1, 0.15) is 6.04 Å². The highest BCUT2D eigenvalue weighted by atomic mass is 16.5. The summed E-state index contributed by atoms with van der Waals surface area (Å²) in [5, 5.41) is 3.29. The lowest BCUT2D eigenvalue weighted by molar-refractivity contribution is -0.151. The van der Waals surface area contributed by atoms with E-state index in [-0.39, 0.29) is 24.0 Å². The number of nitrogens with zero attached hydrogens (tertiary/aromatic N) is 1. The first-order valence-corrected chi connectivity index (χ1v) is 6.85. The molecule has 2 aliphatic rings. The van der Waals surface area contributed by atoms with Gasteiger partial charge in [0.15, 0.2) is 0 Å². The summed E-state index contributed by atoms with van der Waals surface area (Å²) < 4.78 is 4.77. The molecule has 0 saturated carbocycles. The van der Waals surface area contributed by atoms with Crippen LogP contribution in [0.15, 0.2) is 0 Å². The Bertz CT molecular complexity index is 311. The molecule has 5 heteroatoms. The van der Waals surface area contributed by atoms with Crippen molar-refractivity contribution in [2.24, 2.45) is 0 Å². The van der Waals surface area contributed by atoms with Crippen molar-refractivity contribution in [3.8, 4) is 0 Å². The largest absolute Gasteiger partial charge is 0.467 e. The quantitative estimate of drug-likeness (QED) is 0.736. The lowest BCUT2D eigenvalue weighted by Crippen LogP contribution is -2.50. The van der Waals surface area contributed by atoms with Gasteiger partial charge in [-0.1, -0.05) is 12.8 Å². The van der Waals surface area contributed by atoms with E-state index >= 15 is 0 Å². The number of hydrogen-bond acceptors (Lipinski definition) is 4. The summed E-state index contributed by atoms with van der Waals surface area (Å²) in [5.74, 6) is -0.209. The van der Waals surface area contributed by atoms with Crippen LogP contribution in [0, 0.1) is 0 Å². The molecule has 0 radical (unpaired) electrons. The predicted octanol–water partition coefficient (Wildman–Crippen LogP) is 0.683. The van der Waals surface area contributed by atoms with Crippen molar-refractivity contribution in [2.45, 2.75) is 50.6 Å². The molecule has 0 bridgehead atoms. The number of rotatable bonds is 2. The van der Waals surface area contributed by atoms with E-state index in [1.54, 1.807) is 4.90 Å². The Kier molecular flexibility index (Phi) is 4.58. The normalized spacial score (nSPS) is 28.8. The lowest BCUT2D eigenvalue weighted by Gasteiger charge is -2.27. The third kappa shape index (κ3) is 2.83. The second kappa shape index (κ2) is 6.18. The lowest BCUT2D eigenvalue weighted by atomic mass is 10.1. The topological polar surface area (TPSA) is 58.6 Å². The summed E-state index contributed by atoms with van der Waals surface area (Å²) >= 11 is 0. The Morgan fingerprint density at radius 2 is 2.00 bits per heavy atom. The van der Waals surface area contributed by atoms with Gasteiger partial charge >= 0.3 is 5.97 Å². The third-order valence-corrected chi connectivity index (χ3v) is 3.87. The molecule has 0 spiro atoms. The molecular weight excluding hydrogens is 232 g/mol. The molecule has 0 aliphatic carbocycles. The number of amides is 1. The fourth-order valence-electron chi connectivity index (χ4n) is 2.85. The molecule has 2 heterocycles. The summed E-state index contributed by atoms with van der Waals surface area (Å²) in [6.07, 6.45) is 5.88. The van der Waals surface area contributed by atoms with Crippen LogP contribution in [0.4, 0.5) is 0 Å². The summed E-state index contributed by atoms with van der Waals surface area (Å²) in [6, 6.07) is -0.481. The van der Waals surface area contributed by atoms with E-state index in [0.29, 0.717) is 6.54 Å². The summed E-state index contributed by atoms with van der Waals surface area (Å²) in [5.41, 5.74) is 0. The van der Waals surface area contributed by atoms with Crippen molar-refractivity contribution >= 4 is 11.9 Å². The molecule has 2 atom stereocenters. The molecule has 2 fully saturated rings. The number of likely N-dealkylation sites (tertiary alicyclic amines) is 1. The van der Waals surface area contributed by atoms with Crippen LogP contribution in [0.1, 0.15) is 38.5 Å². The van der Waals surface area contributed by atoms with E-state index in [9.17, 15) is 9.59 Å². The zero-order chi connectivity index (χ0) is 13.0. The second-order valence-electron chi connectivity index (χ2n) is 5.07. The SMILES string of the molecule is COC(=O)[C@H]1CCCN1C(=O)[C@H]1CCCCCN1. The fraction of sp³-hybridized carbons (Fsp3) is 0.846. The first kappa shape index (κ1) is 13.3. The Morgan fingerprint density at radius 3 is 2.78 bits per heavy atom. The van der Waals surface area contributed by atoms with Crippen LogP contribution in [-0.4, -0.2) is 49.1 Å². The molecule has 1 N–H and O–H groups in total. The highest BCUT2D eigenvalue weighted by Crippen LogP contribution is 2.21. The standard InChI is InChI=1S/C13H22N2O3/c1-18-13(17)11-7-5-9-15(11)12(16)10-6-3-2-4-8-14-10/h10-11,14H,2-9H2,1H3/t10-,11-/m1/s1. The maximum Gasteiger partial charge on any atom is 0.328 e. The van der Waals surface area contributed by atoms with Crippen LogP contribution < -0.4 is 5.32 Å². The van der Waals surface area contributed by atoms with E-state index < -0.39 is 0 Å². The van der Waals surface area contributed by atoms with E-state index in [4.69, 9.17) is 4.74 Å². The van der Waals surface area contributed by atoms with Gasteiger partial charge in [0.2, 0.25) is 5.91 Å². The van der Waals surface area contributed by atoms with Gasteiger partial charge in [0, 0.05) is 6.54 Å². The van der Waals surface area contributed by atoms with Crippen molar-refractivity contribution in [1.29, 1.82) is 0 Å². The molecule has 2 saturated heterocycles. The van der Waals surface area contributed by atoms with E-state index in [2.05, 4.69) is 5.32 Å². The molecule has 5 nitrogen and oxygen atoms in total. The zero-order valence-electron chi connectivity index (χ0n) is 11.0. The Hall–Kier alpha value is -1.10. The van der Waals surface area contributed by atoms with Gasteiger partial charge in [0.05, 0.1) is 13.2 Å². The van der Waals surface area contributed by atoms with Gasteiger partial charge in [-0.15, -0.1) is 0 Å². The molecular formula is C13H22N2O3. The number of ether oxygens (including phenoxy) is 1. The fourth-order valence-corrected chi connectivity index (χ4v) is 2.85. The van der Waals surface area contributed by atoms with Crippen LogP contribution in [0.25, 0.3) is 0 Å². The van der Waals surface area contributed by atoms with Gasteiger partial charge in [-0.05, 0) is 32.2 Å². The molecule has 0 unspecified atom stereocenters.